The molecule has 1 aliphatic rings. The van der Waals surface area contributed by atoms with Gasteiger partial charge >= 0.3 is 0 Å². The van der Waals surface area contributed by atoms with Crippen LogP contribution < -0.4 is 0 Å². The van der Waals surface area contributed by atoms with E-state index >= 15 is 0 Å². The van der Waals surface area contributed by atoms with Crippen LogP contribution in [0.2, 0.25) is 0 Å². The number of carbonyl (C=O) groups excluding carboxylic acids is 2. The first-order chi connectivity index (χ1) is 4.24. The largest absolute Gasteiger partial charge is 0.287 e. The molecule has 9 heavy (non-hydrogen) atoms. The number of thioether (sulfide) groups is 1. The molecule has 50 valence electrons. The first kappa shape index (κ1) is 6.81. The van der Waals surface area contributed by atoms with E-state index in [1.165, 1.54) is 0 Å². The van der Waals surface area contributed by atoms with Crippen LogP contribution in [0.4, 0.5) is 0 Å². The van der Waals surface area contributed by atoms with Crippen LogP contribution in [0.25, 0.3) is 0 Å². The normalized spacial score (nSPS) is 27.4. The summed E-state index contributed by atoms with van der Waals surface area (Å²) < 4.78 is 0. The Morgan fingerprint density at radius 1 is 1.67 bits per heavy atom. The highest BCUT2D eigenvalue weighted by Gasteiger charge is 2.30. The van der Waals surface area contributed by atoms with Gasteiger partial charge in [0.25, 0.3) is 0 Å². The highest BCUT2D eigenvalue weighted by molar-refractivity contribution is 8.26. The molecule has 0 amide bonds. The van der Waals surface area contributed by atoms with E-state index in [2.05, 4.69) is 0 Å². The molecule has 1 saturated heterocycles. The molecule has 0 spiro atoms. The molecule has 0 radical (unpaired) electrons. The van der Waals surface area contributed by atoms with Crippen LogP contribution in [0.3, 0.4) is 0 Å². The summed E-state index contributed by atoms with van der Waals surface area (Å²) >= 11 is 0.875. The van der Waals surface area contributed by atoms with E-state index in [4.69, 9.17) is 0 Å². The Bertz CT molecular complexity index is 153. The Morgan fingerprint density at radius 3 is 2.56 bits per heavy atom. The Hall–Kier alpha value is -0.310. The lowest BCUT2D eigenvalue weighted by atomic mass is 10.1. The standard InChI is InChI=1S/C6H8O2S/c1-2-4-3-5(7)9-6(4)8/h4H,2-3H2,1H3. The smallest absolute Gasteiger partial charge is 0.199 e. The molecule has 0 aromatic rings. The summed E-state index contributed by atoms with van der Waals surface area (Å²) in [6, 6.07) is 0. The monoisotopic (exact) mass is 144 g/mol. The highest BCUT2D eigenvalue weighted by atomic mass is 32.2. The zero-order valence-electron chi connectivity index (χ0n) is 5.22. The molecule has 1 atom stereocenters. The molecule has 0 saturated carbocycles. The predicted molar refractivity (Wildman–Crippen MR) is 36.0 cm³/mol. The third-order valence-corrected chi connectivity index (χ3v) is 2.38. The predicted octanol–water partition coefficient (Wildman–Crippen LogP) is 1.20. The molecule has 3 heteroatoms. The van der Waals surface area contributed by atoms with E-state index in [1.807, 2.05) is 6.92 Å². The summed E-state index contributed by atoms with van der Waals surface area (Å²) in [5, 5.41) is 0.0920. The summed E-state index contributed by atoms with van der Waals surface area (Å²) in [4.78, 5) is 21.3. The zero-order chi connectivity index (χ0) is 6.85. The molecule has 2 nitrogen and oxygen atoms in total. The van der Waals surface area contributed by atoms with E-state index in [0.29, 0.717) is 6.42 Å². The van der Waals surface area contributed by atoms with Crippen molar-refractivity contribution in [3.8, 4) is 0 Å². The van der Waals surface area contributed by atoms with E-state index < -0.39 is 0 Å². The van der Waals surface area contributed by atoms with Gasteiger partial charge in [-0.25, -0.2) is 0 Å². The van der Waals surface area contributed by atoms with E-state index in [-0.39, 0.29) is 16.1 Å². The average molecular weight is 144 g/mol. The van der Waals surface area contributed by atoms with Crippen LogP contribution in [0.1, 0.15) is 19.8 Å². The fourth-order valence-corrected chi connectivity index (χ4v) is 1.76. The van der Waals surface area contributed by atoms with Gasteiger partial charge in [-0.05, 0) is 18.2 Å². The van der Waals surface area contributed by atoms with Gasteiger partial charge in [0.05, 0.1) is 0 Å². The van der Waals surface area contributed by atoms with Crippen LogP contribution in [0.15, 0.2) is 0 Å². The number of hydrogen-bond donors (Lipinski definition) is 0. The van der Waals surface area contributed by atoms with Crippen molar-refractivity contribution < 1.29 is 9.59 Å². The van der Waals surface area contributed by atoms with Crippen molar-refractivity contribution in [2.45, 2.75) is 19.8 Å². The topological polar surface area (TPSA) is 34.1 Å². The van der Waals surface area contributed by atoms with Crippen molar-refractivity contribution in [3.63, 3.8) is 0 Å². The Kier molecular flexibility index (Phi) is 1.90. The molecular weight excluding hydrogens is 136 g/mol. The van der Waals surface area contributed by atoms with Crippen molar-refractivity contribution in [3.05, 3.63) is 0 Å². The third-order valence-electron chi connectivity index (χ3n) is 1.45. The summed E-state index contributed by atoms with van der Waals surface area (Å²) in [6.45, 7) is 1.93. The molecule has 0 bridgehead atoms. The highest BCUT2D eigenvalue weighted by Crippen LogP contribution is 2.28. The Labute approximate surface area is 58.0 Å². The molecule has 1 aliphatic heterocycles. The number of hydrogen-bond acceptors (Lipinski definition) is 3. The molecule has 1 rings (SSSR count). The molecule has 0 aliphatic carbocycles. The molecular formula is C6H8O2S. The number of carbonyl (C=O) groups is 2. The summed E-state index contributed by atoms with van der Waals surface area (Å²) in [5.41, 5.74) is 0. The van der Waals surface area contributed by atoms with Crippen LogP contribution in [-0.2, 0) is 9.59 Å². The molecule has 0 N–H and O–H groups in total. The van der Waals surface area contributed by atoms with Crippen LogP contribution in [0.5, 0.6) is 0 Å². The fourth-order valence-electron chi connectivity index (χ4n) is 0.833. The second kappa shape index (κ2) is 2.52. The van der Waals surface area contributed by atoms with Gasteiger partial charge in [0.1, 0.15) is 0 Å². The second-order valence-electron chi connectivity index (χ2n) is 2.10. The van der Waals surface area contributed by atoms with Crippen LogP contribution >= 0.6 is 11.8 Å². The maximum atomic E-state index is 10.8. The van der Waals surface area contributed by atoms with Gasteiger partial charge in [-0.15, -0.1) is 0 Å². The second-order valence-corrected chi connectivity index (χ2v) is 3.16. The first-order valence-corrected chi connectivity index (χ1v) is 3.80. The van der Waals surface area contributed by atoms with E-state index in [1.54, 1.807) is 0 Å². The van der Waals surface area contributed by atoms with Crippen molar-refractivity contribution in [1.82, 2.24) is 0 Å². The zero-order valence-corrected chi connectivity index (χ0v) is 6.03. The van der Waals surface area contributed by atoms with Gasteiger partial charge < -0.3 is 0 Å². The lowest BCUT2D eigenvalue weighted by Gasteiger charge is -1.96. The molecule has 1 fully saturated rings. The summed E-state index contributed by atoms with van der Waals surface area (Å²) in [6.07, 6.45) is 1.26. The van der Waals surface area contributed by atoms with Crippen molar-refractivity contribution in [2.24, 2.45) is 5.92 Å². The van der Waals surface area contributed by atoms with Gasteiger partial charge in [0.15, 0.2) is 10.2 Å². The van der Waals surface area contributed by atoms with Gasteiger partial charge in [0, 0.05) is 12.3 Å². The van der Waals surface area contributed by atoms with Gasteiger partial charge in [-0.1, -0.05) is 6.92 Å². The SMILES string of the molecule is CCC1CC(=O)SC1=O. The number of rotatable bonds is 1. The Morgan fingerprint density at radius 2 is 2.33 bits per heavy atom. The fraction of sp³-hybridized carbons (Fsp3) is 0.667. The van der Waals surface area contributed by atoms with Gasteiger partial charge in [0.2, 0.25) is 0 Å². The van der Waals surface area contributed by atoms with Gasteiger partial charge in [-0.3, -0.25) is 9.59 Å². The minimum Gasteiger partial charge on any atom is -0.287 e. The third kappa shape index (κ3) is 1.33. The molecule has 1 heterocycles. The van der Waals surface area contributed by atoms with Crippen molar-refractivity contribution in [2.75, 3.05) is 0 Å². The van der Waals surface area contributed by atoms with Crippen LogP contribution in [0, 0.1) is 5.92 Å². The lowest BCUT2D eigenvalue weighted by Crippen LogP contribution is -2.01. The van der Waals surface area contributed by atoms with Crippen LogP contribution in [-0.4, -0.2) is 10.2 Å². The van der Waals surface area contributed by atoms with Gasteiger partial charge in [-0.2, -0.15) is 0 Å². The quantitative estimate of drug-likeness (QED) is 0.554. The van der Waals surface area contributed by atoms with Crippen molar-refractivity contribution in [1.29, 1.82) is 0 Å². The minimum atomic E-state index is 0.0162. The maximum Gasteiger partial charge on any atom is 0.199 e. The molecule has 1 unspecified atom stereocenters. The van der Waals surface area contributed by atoms with E-state index in [9.17, 15) is 9.59 Å². The summed E-state index contributed by atoms with van der Waals surface area (Å²) in [5.74, 6) is 0.0162. The first-order valence-electron chi connectivity index (χ1n) is 2.98. The Balaban J connectivity index is 2.58. The maximum absolute atomic E-state index is 10.8. The summed E-state index contributed by atoms with van der Waals surface area (Å²) in [7, 11) is 0. The minimum absolute atomic E-state index is 0.0162. The molecule has 0 aromatic carbocycles. The van der Waals surface area contributed by atoms with E-state index in [0.717, 1.165) is 18.2 Å². The van der Waals surface area contributed by atoms with Crippen molar-refractivity contribution >= 4 is 22.0 Å². The lowest BCUT2D eigenvalue weighted by molar-refractivity contribution is -0.115. The average Bonchev–Trinajstić information content (AvgIpc) is 2.10. The molecule has 0 aromatic heterocycles.